The molecule has 1 heterocycles. The fraction of sp³-hybridized carbons (Fsp3) is 0.667. The molecule has 12 nitrogen and oxygen atoms in total. The second kappa shape index (κ2) is 10.1. The van der Waals surface area contributed by atoms with Gasteiger partial charge in [0.25, 0.3) is 0 Å². The largest absolute Gasteiger partial charge is 0.383 e. The fourth-order valence-electron chi connectivity index (χ4n) is 1.85. The summed E-state index contributed by atoms with van der Waals surface area (Å²) in [6.45, 7) is 3.59. The summed E-state index contributed by atoms with van der Waals surface area (Å²) in [4.78, 5) is 24.1. The topological polar surface area (TPSA) is 169 Å². The minimum absolute atomic E-state index is 0.0277. The van der Waals surface area contributed by atoms with Crippen LogP contribution in [0.25, 0.3) is 0 Å². The van der Waals surface area contributed by atoms with Gasteiger partial charge in [-0.05, 0) is 12.5 Å². The molecule has 0 spiro atoms. The van der Waals surface area contributed by atoms with Crippen LogP contribution >= 0.6 is 22.8 Å². The van der Waals surface area contributed by atoms with Gasteiger partial charge in [0, 0.05) is 32.8 Å². The number of nitrogens with zero attached hydrogens (tertiary/aromatic N) is 2. The van der Waals surface area contributed by atoms with E-state index in [4.69, 9.17) is 24.2 Å². The van der Waals surface area contributed by atoms with Crippen molar-refractivity contribution in [1.82, 2.24) is 9.55 Å². The maximum atomic E-state index is 12.1. The van der Waals surface area contributed by atoms with E-state index in [0.29, 0.717) is 6.42 Å². The third-order valence-electron chi connectivity index (χ3n) is 2.73. The first-order chi connectivity index (χ1) is 12.3. The van der Waals surface area contributed by atoms with Crippen molar-refractivity contribution < 1.29 is 36.5 Å². The molecule has 27 heavy (non-hydrogen) atoms. The fourth-order valence-corrected chi connectivity index (χ4v) is 7.25. The molecule has 0 aliphatic heterocycles. The van der Waals surface area contributed by atoms with Crippen LogP contribution in [0.2, 0.25) is 0 Å². The standard InChI is InChI=1S/C12H24N3O9P3/c1-25(17,18)23-27(3,20)24-26(2,19)22-9-4-8-21-10-7-15-6-5-11(13)14-12(15)16/h5-6H,4,7-10H2,1-3H3,(H,17,18)(H2,13,14,16). The number of nitrogens with two attached hydrogens (primary N) is 1. The van der Waals surface area contributed by atoms with Crippen molar-refractivity contribution in [2.24, 2.45) is 0 Å². The van der Waals surface area contributed by atoms with E-state index in [1.807, 2.05) is 0 Å². The zero-order valence-electron chi connectivity index (χ0n) is 15.2. The summed E-state index contributed by atoms with van der Waals surface area (Å²) < 4.78 is 56.0. The lowest BCUT2D eigenvalue weighted by Crippen LogP contribution is -2.25. The molecule has 1 aromatic rings. The van der Waals surface area contributed by atoms with Gasteiger partial charge in [0.2, 0.25) is 0 Å². The van der Waals surface area contributed by atoms with Crippen molar-refractivity contribution in [1.29, 1.82) is 0 Å². The molecule has 0 aliphatic rings. The second-order valence-corrected chi connectivity index (χ2v) is 11.9. The Morgan fingerprint density at radius 1 is 1.11 bits per heavy atom. The minimum Gasteiger partial charge on any atom is -0.383 e. The zero-order chi connectivity index (χ0) is 20.7. The van der Waals surface area contributed by atoms with Gasteiger partial charge in [-0.15, -0.1) is 0 Å². The Morgan fingerprint density at radius 3 is 2.37 bits per heavy atom. The molecule has 1 aromatic heterocycles. The zero-order valence-corrected chi connectivity index (χ0v) is 17.9. The van der Waals surface area contributed by atoms with Crippen LogP contribution in [0.4, 0.5) is 5.82 Å². The van der Waals surface area contributed by atoms with Crippen molar-refractivity contribution >= 4 is 28.6 Å². The Labute approximate surface area is 156 Å². The van der Waals surface area contributed by atoms with Gasteiger partial charge in [-0.25, -0.2) is 13.4 Å². The number of hydrogen-bond acceptors (Lipinski definition) is 10. The molecule has 3 unspecified atom stereocenters. The van der Waals surface area contributed by atoms with Gasteiger partial charge >= 0.3 is 28.5 Å². The Hall–Kier alpha value is -0.830. The second-order valence-electron chi connectivity index (χ2n) is 5.64. The average molecular weight is 447 g/mol. The average Bonchev–Trinajstić information content (AvgIpc) is 2.44. The molecule has 156 valence electrons. The number of hydrogen-bond donors (Lipinski definition) is 2. The summed E-state index contributed by atoms with van der Waals surface area (Å²) in [6, 6.07) is 1.50. The van der Waals surface area contributed by atoms with Crippen LogP contribution in [0.15, 0.2) is 17.1 Å². The van der Waals surface area contributed by atoms with Crippen molar-refractivity contribution in [3.8, 4) is 0 Å². The van der Waals surface area contributed by atoms with Crippen molar-refractivity contribution in [3.63, 3.8) is 0 Å². The Morgan fingerprint density at radius 2 is 1.78 bits per heavy atom. The van der Waals surface area contributed by atoms with E-state index in [2.05, 4.69) is 9.29 Å². The molecular formula is C12H24N3O9P3. The quantitative estimate of drug-likeness (QED) is 0.353. The highest BCUT2D eigenvalue weighted by Gasteiger charge is 2.34. The number of nitrogen functional groups attached to an aromatic ring is 1. The highest BCUT2D eigenvalue weighted by molar-refractivity contribution is 7.71. The third kappa shape index (κ3) is 10.9. The van der Waals surface area contributed by atoms with Gasteiger partial charge in [0.05, 0.1) is 19.8 Å². The van der Waals surface area contributed by atoms with Crippen molar-refractivity contribution in [2.75, 3.05) is 45.5 Å². The van der Waals surface area contributed by atoms with E-state index in [1.165, 1.54) is 16.8 Å². The first kappa shape index (κ1) is 24.2. The van der Waals surface area contributed by atoms with Crippen LogP contribution in [0.5, 0.6) is 0 Å². The van der Waals surface area contributed by atoms with Crippen LogP contribution in [0.1, 0.15) is 6.42 Å². The first-order valence-electron chi connectivity index (χ1n) is 7.73. The number of aromatic nitrogens is 2. The van der Waals surface area contributed by atoms with Crippen molar-refractivity contribution in [3.05, 3.63) is 22.7 Å². The molecule has 0 saturated heterocycles. The summed E-state index contributed by atoms with van der Waals surface area (Å²) in [6.07, 6.45) is 1.85. The maximum absolute atomic E-state index is 12.1. The highest BCUT2D eigenvalue weighted by atomic mass is 31.3. The molecule has 1 rings (SSSR count). The molecular weight excluding hydrogens is 423 g/mol. The van der Waals surface area contributed by atoms with Crippen LogP contribution < -0.4 is 11.4 Å². The van der Waals surface area contributed by atoms with E-state index in [1.54, 1.807) is 0 Å². The summed E-state index contributed by atoms with van der Waals surface area (Å²) in [5, 5.41) is 0. The van der Waals surface area contributed by atoms with Gasteiger partial charge < -0.3 is 19.9 Å². The highest BCUT2D eigenvalue weighted by Crippen LogP contribution is 2.66. The number of anilines is 1. The smallest absolute Gasteiger partial charge is 0.349 e. The van der Waals surface area contributed by atoms with Gasteiger partial charge in [-0.2, -0.15) is 4.98 Å². The summed E-state index contributed by atoms with van der Waals surface area (Å²) in [5.74, 6) is 0.142. The van der Waals surface area contributed by atoms with E-state index < -0.39 is 28.5 Å². The van der Waals surface area contributed by atoms with E-state index in [0.717, 1.165) is 20.0 Å². The lowest BCUT2D eigenvalue weighted by atomic mass is 10.5. The minimum atomic E-state index is -4.07. The third-order valence-corrected chi connectivity index (χ3v) is 8.15. The first-order valence-corrected chi connectivity index (χ1v) is 13.7. The molecule has 0 bridgehead atoms. The van der Waals surface area contributed by atoms with Gasteiger partial charge in [0.15, 0.2) is 0 Å². The van der Waals surface area contributed by atoms with Crippen LogP contribution in [0.3, 0.4) is 0 Å². The molecule has 0 fully saturated rings. The van der Waals surface area contributed by atoms with Crippen LogP contribution in [0, 0.1) is 0 Å². The summed E-state index contributed by atoms with van der Waals surface area (Å²) in [7, 11) is -11.8. The summed E-state index contributed by atoms with van der Waals surface area (Å²) >= 11 is 0. The van der Waals surface area contributed by atoms with Crippen LogP contribution in [-0.2, 0) is 38.1 Å². The predicted molar refractivity (Wildman–Crippen MR) is 99.3 cm³/mol. The number of rotatable bonds is 12. The van der Waals surface area contributed by atoms with Gasteiger partial charge in [0.1, 0.15) is 5.82 Å². The monoisotopic (exact) mass is 447 g/mol. The molecule has 0 radical (unpaired) electrons. The maximum Gasteiger partial charge on any atom is 0.349 e. The normalized spacial score (nSPS) is 18.4. The number of ether oxygens (including phenoxy) is 1. The molecule has 0 aliphatic carbocycles. The Balaban J connectivity index is 2.26. The van der Waals surface area contributed by atoms with E-state index >= 15 is 0 Å². The predicted octanol–water partition coefficient (Wildman–Crippen LogP) is 1.74. The molecule has 0 saturated carbocycles. The SMILES string of the molecule is CP(=O)(O)OP(C)(=O)OP(C)(=O)OCCCOCCn1ccc(N)nc1=O. The van der Waals surface area contributed by atoms with Crippen LogP contribution in [-0.4, -0.2) is 54.3 Å². The van der Waals surface area contributed by atoms with E-state index in [-0.39, 0.29) is 32.2 Å². The molecule has 15 heteroatoms. The van der Waals surface area contributed by atoms with E-state index in [9.17, 15) is 18.5 Å². The molecule has 3 N–H and O–H groups in total. The Kier molecular flexibility index (Phi) is 9.05. The lowest BCUT2D eigenvalue weighted by molar-refractivity contribution is 0.110. The van der Waals surface area contributed by atoms with Gasteiger partial charge in [-0.3, -0.25) is 18.3 Å². The van der Waals surface area contributed by atoms with Gasteiger partial charge in [-0.1, -0.05) is 0 Å². The Bertz CT molecular complexity index is 822. The van der Waals surface area contributed by atoms with Crippen molar-refractivity contribution in [2.45, 2.75) is 13.0 Å². The summed E-state index contributed by atoms with van der Waals surface area (Å²) in [5.41, 5.74) is 4.91. The molecule has 0 amide bonds. The lowest BCUT2D eigenvalue weighted by Gasteiger charge is -2.20. The molecule has 3 atom stereocenters. The molecule has 0 aromatic carbocycles.